The SMILES string of the molecule is CC(c1cccs1)N(C)C(=O)CCN1CCCCCC1=O. The maximum Gasteiger partial charge on any atom is 0.224 e. The van der Waals surface area contributed by atoms with E-state index in [0.29, 0.717) is 19.4 Å². The first-order valence-electron chi connectivity index (χ1n) is 7.66. The highest BCUT2D eigenvalue weighted by atomic mass is 32.1. The molecule has 0 N–H and O–H groups in total. The molecule has 116 valence electrons. The van der Waals surface area contributed by atoms with Crippen LogP contribution in [-0.2, 0) is 9.59 Å². The molecule has 1 atom stereocenters. The van der Waals surface area contributed by atoms with E-state index in [0.717, 1.165) is 25.8 Å². The Hall–Kier alpha value is -1.36. The summed E-state index contributed by atoms with van der Waals surface area (Å²) in [5, 5.41) is 2.03. The summed E-state index contributed by atoms with van der Waals surface area (Å²) in [6.45, 7) is 3.40. The average molecular weight is 308 g/mol. The minimum Gasteiger partial charge on any atom is -0.342 e. The van der Waals surface area contributed by atoms with Gasteiger partial charge in [-0.15, -0.1) is 11.3 Å². The number of carbonyl (C=O) groups excluding carboxylic acids is 2. The molecule has 1 aromatic heterocycles. The van der Waals surface area contributed by atoms with Gasteiger partial charge < -0.3 is 9.80 Å². The van der Waals surface area contributed by atoms with Crippen molar-refractivity contribution in [1.82, 2.24) is 9.80 Å². The molecule has 2 amide bonds. The van der Waals surface area contributed by atoms with E-state index in [2.05, 4.69) is 6.07 Å². The van der Waals surface area contributed by atoms with Crippen molar-refractivity contribution in [2.45, 2.75) is 45.1 Å². The van der Waals surface area contributed by atoms with E-state index < -0.39 is 0 Å². The molecule has 1 aromatic rings. The lowest BCUT2D eigenvalue weighted by atomic mass is 10.2. The van der Waals surface area contributed by atoms with Gasteiger partial charge in [0, 0.05) is 37.9 Å². The van der Waals surface area contributed by atoms with Crippen LogP contribution in [0.15, 0.2) is 17.5 Å². The number of likely N-dealkylation sites (tertiary alicyclic amines) is 1. The lowest BCUT2D eigenvalue weighted by Gasteiger charge is -2.26. The second-order valence-corrected chi connectivity index (χ2v) is 6.62. The molecule has 1 saturated heterocycles. The quantitative estimate of drug-likeness (QED) is 0.839. The number of hydrogen-bond acceptors (Lipinski definition) is 3. The van der Waals surface area contributed by atoms with Gasteiger partial charge >= 0.3 is 0 Å². The Kier molecular flexibility index (Phi) is 5.79. The van der Waals surface area contributed by atoms with E-state index in [1.807, 2.05) is 30.3 Å². The number of amides is 2. The summed E-state index contributed by atoms with van der Waals surface area (Å²) in [6, 6.07) is 4.15. The third-order valence-corrected chi connectivity index (χ3v) is 5.24. The van der Waals surface area contributed by atoms with Gasteiger partial charge in [0.05, 0.1) is 6.04 Å². The number of thiophene rings is 1. The predicted octanol–water partition coefficient (Wildman–Crippen LogP) is 3.06. The first-order chi connectivity index (χ1) is 10.1. The number of hydrogen-bond donors (Lipinski definition) is 0. The minimum absolute atomic E-state index is 0.0948. The zero-order valence-corrected chi connectivity index (χ0v) is 13.7. The van der Waals surface area contributed by atoms with E-state index in [9.17, 15) is 9.59 Å². The van der Waals surface area contributed by atoms with Crippen molar-refractivity contribution in [3.05, 3.63) is 22.4 Å². The van der Waals surface area contributed by atoms with Gasteiger partial charge in [-0.05, 0) is 31.2 Å². The molecule has 1 aliphatic heterocycles. The molecule has 2 rings (SSSR count). The monoisotopic (exact) mass is 308 g/mol. The average Bonchev–Trinajstić information content (AvgIpc) is 2.94. The maximum absolute atomic E-state index is 12.3. The Labute approximate surface area is 130 Å². The van der Waals surface area contributed by atoms with Crippen molar-refractivity contribution in [1.29, 1.82) is 0 Å². The normalized spacial score (nSPS) is 17.4. The van der Waals surface area contributed by atoms with Crippen molar-refractivity contribution >= 4 is 23.2 Å². The van der Waals surface area contributed by atoms with Gasteiger partial charge in [-0.2, -0.15) is 0 Å². The van der Waals surface area contributed by atoms with Crippen molar-refractivity contribution in [2.75, 3.05) is 20.1 Å². The van der Waals surface area contributed by atoms with Gasteiger partial charge in [0.2, 0.25) is 11.8 Å². The van der Waals surface area contributed by atoms with Gasteiger partial charge in [0.15, 0.2) is 0 Å². The Bertz CT molecular complexity index is 473. The maximum atomic E-state index is 12.3. The summed E-state index contributed by atoms with van der Waals surface area (Å²) in [5.41, 5.74) is 0. The van der Waals surface area contributed by atoms with Crippen LogP contribution in [-0.4, -0.2) is 41.8 Å². The van der Waals surface area contributed by atoms with Crippen LogP contribution < -0.4 is 0 Å². The smallest absolute Gasteiger partial charge is 0.224 e. The van der Waals surface area contributed by atoms with E-state index in [1.54, 1.807) is 16.2 Å². The second kappa shape index (κ2) is 7.59. The van der Waals surface area contributed by atoms with Crippen molar-refractivity contribution < 1.29 is 9.59 Å². The lowest BCUT2D eigenvalue weighted by Crippen LogP contribution is -2.36. The molecule has 1 fully saturated rings. The molecule has 0 radical (unpaired) electrons. The summed E-state index contributed by atoms with van der Waals surface area (Å²) < 4.78 is 0. The highest BCUT2D eigenvalue weighted by molar-refractivity contribution is 7.10. The van der Waals surface area contributed by atoms with Crippen LogP contribution >= 0.6 is 11.3 Å². The van der Waals surface area contributed by atoms with Crippen LogP contribution in [0.5, 0.6) is 0 Å². The van der Waals surface area contributed by atoms with Gasteiger partial charge in [0.25, 0.3) is 0 Å². The highest BCUT2D eigenvalue weighted by Crippen LogP contribution is 2.24. The van der Waals surface area contributed by atoms with Crippen LogP contribution in [0, 0.1) is 0 Å². The Balaban J connectivity index is 1.84. The third-order valence-electron chi connectivity index (χ3n) is 4.20. The van der Waals surface area contributed by atoms with Gasteiger partial charge in [-0.3, -0.25) is 9.59 Å². The number of rotatable bonds is 5. The standard InChI is InChI=1S/C16H24N2O2S/c1-13(14-7-6-12-21-14)17(2)15(19)9-11-18-10-5-3-4-8-16(18)20/h6-7,12-13H,3-5,8-11H2,1-2H3. The first kappa shape index (κ1) is 16.0. The predicted molar refractivity (Wildman–Crippen MR) is 85.2 cm³/mol. The second-order valence-electron chi connectivity index (χ2n) is 5.64. The molecule has 1 unspecified atom stereocenters. The topological polar surface area (TPSA) is 40.6 Å². The van der Waals surface area contributed by atoms with E-state index >= 15 is 0 Å². The summed E-state index contributed by atoms with van der Waals surface area (Å²) in [4.78, 5) is 29.1. The van der Waals surface area contributed by atoms with Crippen molar-refractivity contribution in [2.24, 2.45) is 0 Å². The van der Waals surface area contributed by atoms with Crippen LogP contribution in [0.4, 0.5) is 0 Å². The largest absolute Gasteiger partial charge is 0.342 e. The van der Waals surface area contributed by atoms with E-state index in [-0.39, 0.29) is 17.9 Å². The van der Waals surface area contributed by atoms with E-state index in [4.69, 9.17) is 0 Å². The van der Waals surface area contributed by atoms with Crippen molar-refractivity contribution in [3.8, 4) is 0 Å². The third kappa shape index (κ3) is 4.30. The molecule has 21 heavy (non-hydrogen) atoms. The van der Waals surface area contributed by atoms with Crippen LogP contribution in [0.3, 0.4) is 0 Å². The molecule has 0 saturated carbocycles. The highest BCUT2D eigenvalue weighted by Gasteiger charge is 2.21. The summed E-state index contributed by atoms with van der Waals surface area (Å²) in [5.74, 6) is 0.308. The summed E-state index contributed by atoms with van der Waals surface area (Å²) >= 11 is 1.67. The van der Waals surface area contributed by atoms with Gasteiger partial charge in [0.1, 0.15) is 0 Å². The Morgan fingerprint density at radius 2 is 2.24 bits per heavy atom. The van der Waals surface area contributed by atoms with Gasteiger partial charge in [-0.25, -0.2) is 0 Å². The molecule has 0 aliphatic carbocycles. The minimum atomic E-state index is 0.0948. The van der Waals surface area contributed by atoms with E-state index in [1.165, 1.54) is 4.88 Å². The van der Waals surface area contributed by atoms with Crippen LogP contribution in [0.1, 0.15) is 49.9 Å². The number of nitrogens with zero attached hydrogens (tertiary/aromatic N) is 2. The molecule has 0 spiro atoms. The van der Waals surface area contributed by atoms with Gasteiger partial charge in [-0.1, -0.05) is 12.5 Å². The fraction of sp³-hybridized carbons (Fsp3) is 0.625. The molecular weight excluding hydrogens is 284 g/mol. The van der Waals surface area contributed by atoms with Crippen LogP contribution in [0.25, 0.3) is 0 Å². The fourth-order valence-electron chi connectivity index (χ4n) is 2.62. The lowest BCUT2D eigenvalue weighted by molar-refractivity contribution is -0.134. The molecular formula is C16H24N2O2S. The molecule has 2 heterocycles. The zero-order valence-electron chi connectivity index (χ0n) is 12.9. The molecule has 4 nitrogen and oxygen atoms in total. The zero-order chi connectivity index (χ0) is 15.2. The number of carbonyl (C=O) groups is 2. The Morgan fingerprint density at radius 1 is 1.43 bits per heavy atom. The van der Waals surface area contributed by atoms with Crippen molar-refractivity contribution in [3.63, 3.8) is 0 Å². The molecule has 1 aliphatic rings. The summed E-state index contributed by atoms with van der Waals surface area (Å²) in [6.07, 6.45) is 4.21. The molecule has 5 heteroatoms. The molecule has 0 aromatic carbocycles. The first-order valence-corrected chi connectivity index (χ1v) is 8.54. The van der Waals surface area contributed by atoms with Crippen LogP contribution in [0.2, 0.25) is 0 Å². The fourth-order valence-corrected chi connectivity index (χ4v) is 3.44. The molecule has 0 bridgehead atoms. The Morgan fingerprint density at radius 3 is 2.95 bits per heavy atom. The summed E-state index contributed by atoms with van der Waals surface area (Å²) in [7, 11) is 1.84.